The summed E-state index contributed by atoms with van der Waals surface area (Å²) < 4.78 is 81.9. The SMILES string of the molecule is CN1CC(CCc2c(F)cccc2NC(O)[C@@H](N)[C@@H](c2ccc(Cl)cc2)C2CCOC(CC(F)(F)F)C2)NCC1CCCS(=O)[O-]. The maximum absolute atomic E-state index is 15.2. The second kappa shape index (κ2) is 17.0. The third-order valence-electron chi connectivity index (χ3n) is 9.20. The Kier molecular flexibility index (Phi) is 13.7. The molecular formula is C32H44ClF4N4O4S-. The van der Waals surface area contributed by atoms with E-state index in [-0.39, 0.29) is 36.8 Å². The Morgan fingerprint density at radius 3 is 2.65 bits per heavy atom. The van der Waals surface area contributed by atoms with E-state index in [1.807, 2.05) is 7.05 Å². The molecular weight excluding hydrogens is 648 g/mol. The Hall–Kier alpha value is -1.84. The smallest absolute Gasteiger partial charge is 0.391 e. The molecule has 8 nitrogen and oxygen atoms in total. The van der Waals surface area contributed by atoms with Crippen LogP contribution in [0.1, 0.15) is 55.6 Å². The minimum absolute atomic E-state index is 0.0852. The van der Waals surface area contributed by atoms with Crippen molar-refractivity contribution in [2.24, 2.45) is 11.7 Å². The van der Waals surface area contributed by atoms with Gasteiger partial charge in [0, 0.05) is 59.7 Å². The molecule has 4 rings (SSSR count). The predicted octanol–water partition coefficient (Wildman–Crippen LogP) is 4.93. The standard InChI is InChI=1S/C32H45ClF4N4O4S/c1-41-19-23(39-18-24(41)4-3-15-46(43)44)11-12-26-27(34)5-2-6-28(26)40-31(42)30(38)29(20-7-9-22(33)10-8-20)21-13-14-45-25(16-21)17-32(35,36)37/h2,5-10,21,23-25,29-31,39-40,42H,3-4,11-19,38H2,1H3,(H,43,44)/p-1/t21?,23?,24?,25?,29-,30-,31?/m0/s1. The molecule has 6 unspecified atom stereocenters. The van der Waals surface area contributed by atoms with Crippen molar-refractivity contribution in [3.05, 3.63) is 64.4 Å². The Bertz CT molecular complexity index is 1280. The lowest BCUT2D eigenvalue weighted by Crippen LogP contribution is -2.55. The fourth-order valence-corrected chi connectivity index (χ4v) is 7.35. The molecule has 0 aliphatic carbocycles. The minimum atomic E-state index is -4.37. The second-order valence-corrected chi connectivity index (χ2v) is 13.9. The van der Waals surface area contributed by atoms with Crippen LogP contribution < -0.4 is 16.4 Å². The van der Waals surface area contributed by atoms with Gasteiger partial charge in [-0.15, -0.1) is 0 Å². The van der Waals surface area contributed by atoms with Crippen molar-refractivity contribution in [3.63, 3.8) is 0 Å². The van der Waals surface area contributed by atoms with Crippen molar-refractivity contribution < 1.29 is 36.2 Å². The zero-order valence-electron chi connectivity index (χ0n) is 25.9. The first kappa shape index (κ1) is 37.0. The molecule has 2 saturated heterocycles. The van der Waals surface area contributed by atoms with Gasteiger partial charge in [0.15, 0.2) is 0 Å². The Balaban J connectivity index is 1.43. The zero-order chi connectivity index (χ0) is 33.4. The van der Waals surface area contributed by atoms with E-state index in [1.165, 1.54) is 6.07 Å². The zero-order valence-corrected chi connectivity index (χ0v) is 27.4. The molecule has 0 saturated carbocycles. The molecule has 8 atom stereocenters. The van der Waals surface area contributed by atoms with Crippen molar-refractivity contribution in [3.8, 4) is 0 Å². The van der Waals surface area contributed by atoms with Crippen molar-refractivity contribution in [2.75, 3.05) is 37.8 Å². The number of nitrogens with one attached hydrogen (secondary N) is 2. The lowest BCUT2D eigenvalue weighted by atomic mass is 9.74. The number of hydrogen-bond donors (Lipinski definition) is 4. The molecule has 2 heterocycles. The van der Waals surface area contributed by atoms with Crippen LogP contribution in [0.4, 0.5) is 23.2 Å². The molecule has 2 aromatic rings. The topological polar surface area (TPSA) is 123 Å². The van der Waals surface area contributed by atoms with Gasteiger partial charge in [0.1, 0.15) is 12.0 Å². The van der Waals surface area contributed by atoms with Gasteiger partial charge in [-0.05, 0) is 81.3 Å². The summed E-state index contributed by atoms with van der Waals surface area (Å²) in [7, 11) is 2.00. The maximum atomic E-state index is 15.2. The number of piperazine rings is 1. The Labute approximate surface area is 275 Å². The number of ether oxygens (including phenoxy) is 1. The number of rotatable bonds is 14. The van der Waals surface area contributed by atoms with E-state index in [1.54, 1.807) is 36.4 Å². The van der Waals surface area contributed by atoms with E-state index in [0.29, 0.717) is 48.5 Å². The van der Waals surface area contributed by atoms with Gasteiger partial charge < -0.3 is 35.7 Å². The summed E-state index contributed by atoms with van der Waals surface area (Å²) in [4.78, 5) is 2.20. The van der Waals surface area contributed by atoms with Crippen LogP contribution in [-0.4, -0.2) is 87.9 Å². The third kappa shape index (κ3) is 10.8. The van der Waals surface area contributed by atoms with E-state index in [0.717, 1.165) is 18.5 Å². The number of halogens is 5. The molecule has 46 heavy (non-hydrogen) atoms. The van der Waals surface area contributed by atoms with Gasteiger partial charge in [-0.2, -0.15) is 13.2 Å². The highest BCUT2D eigenvalue weighted by atomic mass is 35.5. The average molecular weight is 692 g/mol. The third-order valence-corrected chi connectivity index (χ3v) is 10.1. The number of benzene rings is 2. The normalized spacial score (nSPS) is 25.5. The molecule has 258 valence electrons. The number of aliphatic hydroxyl groups excluding tert-OH is 1. The quantitative estimate of drug-likeness (QED) is 0.125. The molecule has 0 amide bonds. The van der Waals surface area contributed by atoms with Gasteiger partial charge in [-0.25, -0.2) is 4.39 Å². The Morgan fingerprint density at radius 1 is 1.24 bits per heavy atom. The lowest BCUT2D eigenvalue weighted by Gasteiger charge is -2.39. The largest absolute Gasteiger partial charge is 0.772 e. The fourth-order valence-electron chi connectivity index (χ4n) is 6.82. The summed E-state index contributed by atoms with van der Waals surface area (Å²) in [6.07, 6.45) is -4.84. The Morgan fingerprint density at radius 2 is 1.98 bits per heavy atom. The van der Waals surface area contributed by atoms with Crippen LogP contribution in [0.3, 0.4) is 0 Å². The molecule has 2 fully saturated rings. The highest BCUT2D eigenvalue weighted by Crippen LogP contribution is 2.40. The summed E-state index contributed by atoms with van der Waals surface area (Å²) >= 11 is 4.06. The van der Waals surface area contributed by atoms with Crippen molar-refractivity contribution in [1.82, 2.24) is 10.2 Å². The highest BCUT2D eigenvalue weighted by molar-refractivity contribution is 7.79. The van der Waals surface area contributed by atoms with Gasteiger partial charge in [-0.3, -0.25) is 4.21 Å². The first-order valence-corrected chi connectivity index (χ1v) is 17.3. The summed E-state index contributed by atoms with van der Waals surface area (Å²) in [5.74, 6) is -1.12. The summed E-state index contributed by atoms with van der Waals surface area (Å²) in [6, 6.07) is 10.8. The molecule has 0 spiro atoms. The van der Waals surface area contributed by atoms with Crippen LogP contribution >= 0.6 is 11.6 Å². The molecule has 2 aromatic carbocycles. The van der Waals surface area contributed by atoms with E-state index in [4.69, 9.17) is 22.1 Å². The van der Waals surface area contributed by atoms with Gasteiger partial charge in [0.05, 0.1) is 18.6 Å². The first-order valence-electron chi connectivity index (χ1n) is 15.7. The molecule has 5 N–H and O–H groups in total. The van der Waals surface area contributed by atoms with Crippen LogP contribution in [0.5, 0.6) is 0 Å². The second-order valence-electron chi connectivity index (χ2n) is 12.5. The predicted molar refractivity (Wildman–Crippen MR) is 171 cm³/mol. The van der Waals surface area contributed by atoms with Gasteiger partial charge in [0.25, 0.3) is 0 Å². The summed E-state index contributed by atoms with van der Waals surface area (Å²) in [6.45, 7) is 1.57. The minimum Gasteiger partial charge on any atom is -0.772 e. The monoisotopic (exact) mass is 691 g/mol. The van der Waals surface area contributed by atoms with Gasteiger partial charge in [0.2, 0.25) is 0 Å². The number of nitrogens with zero attached hydrogens (tertiary/aromatic N) is 1. The number of alkyl halides is 3. The molecule has 14 heteroatoms. The van der Waals surface area contributed by atoms with Gasteiger partial charge >= 0.3 is 6.18 Å². The van der Waals surface area contributed by atoms with Crippen molar-refractivity contribution >= 4 is 28.4 Å². The first-order chi connectivity index (χ1) is 21.8. The number of aliphatic hydroxyl groups is 1. The number of hydrogen-bond acceptors (Lipinski definition) is 8. The molecule has 2 aliphatic heterocycles. The fraction of sp³-hybridized carbons (Fsp3) is 0.625. The van der Waals surface area contributed by atoms with Crippen LogP contribution in [0.15, 0.2) is 42.5 Å². The summed E-state index contributed by atoms with van der Waals surface area (Å²) in [5.41, 5.74) is 8.22. The molecule has 2 aliphatic rings. The summed E-state index contributed by atoms with van der Waals surface area (Å²) in [5, 5.41) is 18.4. The van der Waals surface area contributed by atoms with E-state index in [9.17, 15) is 27.0 Å². The van der Waals surface area contributed by atoms with Gasteiger partial charge in [-0.1, -0.05) is 40.9 Å². The lowest BCUT2D eigenvalue weighted by molar-refractivity contribution is -0.169. The molecule has 0 radical (unpaired) electrons. The van der Waals surface area contributed by atoms with Crippen LogP contribution in [0.25, 0.3) is 0 Å². The van der Waals surface area contributed by atoms with Crippen molar-refractivity contribution in [1.29, 1.82) is 0 Å². The highest BCUT2D eigenvalue weighted by Gasteiger charge is 2.40. The average Bonchev–Trinajstić information content (AvgIpc) is 2.98. The van der Waals surface area contributed by atoms with E-state index >= 15 is 4.39 Å². The number of likely N-dealkylation sites (N-methyl/N-ethyl adjacent to an activating group) is 1. The molecule has 0 aromatic heterocycles. The van der Waals surface area contributed by atoms with Crippen LogP contribution in [0, 0.1) is 11.7 Å². The van der Waals surface area contributed by atoms with Crippen LogP contribution in [-0.2, 0) is 22.2 Å². The maximum Gasteiger partial charge on any atom is 0.391 e. The van der Waals surface area contributed by atoms with Crippen LogP contribution in [0.2, 0.25) is 5.02 Å². The number of nitrogens with two attached hydrogens (primary N) is 1. The van der Waals surface area contributed by atoms with Crippen molar-refractivity contribution in [2.45, 2.75) is 87.5 Å². The van der Waals surface area contributed by atoms with E-state index < -0.39 is 53.8 Å². The number of anilines is 1. The van der Waals surface area contributed by atoms with E-state index in [2.05, 4.69) is 15.5 Å². The molecule has 0 bridgehead atoms.